The third kappa shape index (κ3) is 4.26. The molecule has 7 nitrogen and oxygen atoms in total. The van der Waals surface area contributed by atoms with E-state index in [-0.39, 0.29) is 11.6 Å². The first-order chi connectivity index (χ1) is 11.6. The number of nitrogens with zero attached hydrogens (tertiary/aromatic N) is 2. The molecule has 128 valence electrons. The summed E-state index contributed by atoms with van der Waals surface area (Å²) < 4.78 is 10.5. The van der Waals surface area contributed by atoms with Crippen LogP contribution >= 0.6 is 11.6 Å². The number of methoxy groups -OCH3 is 2. The number of aromatic nitrogens is 2. The molecule has 0 saturated heterocycles. The van der Waals surface area contributed by atoms with E-state index in [4.69, 9.17) is 21.1 Å². The molecule has 8 heteroatoms. The van der Waals surface area contributed by atoms with Crippen LogP contribution in [0.5, 0.6) is 11.5 Å². The quantitative estimate of drug-likeness (QED) is 0.798. The van der Waals surface area contributed by atoms with Crippen molar-refractivity contribution < 1.29 is 14.3 Å². The number of benzene rings is 1. The molecule has 0 unspecified atom stereocenters. The third-order valence-electron chi connectivity index (χ3n) is 3.16. The van der Waals surface area contributed by atoms with Crippen LogP contribution in [0.1, 0.15) is 23.8 Å². The molecule has 1 heterocycles. The van der Waals surface area contributed by atoms with Crippen molar-refractivity contribution in [2.24, 2.45) is 0 Å². The Hall–Kier alpha value is -2.54. The second-order valence-corrected chi connectivity index (χ2v) is 5.26. The SMILES string of the molecule is CCCNC(=O)c1cnc(Nc2cc(OC)c(Cl)cc2OC)cn1. The zero-order chi connectivity index (χ0) is 17.5. The van der Waals surface area contributed by atoms with Gasteiger partial charge in [0.1, 0.15) is 23.0 Å². The fraction of sp³-hybridized carbons (Fsp3) is 0.312. The minimum absolute atomic E-state index is 0.248. The van der Waals surface area contributed by atoms with Gasteiger partial charge >= 0.3 is 0 Å². The summed E-state index contributed by atoms with van der Waals surface area (Å²) in [5, 5.41) is 6.25. The first-order valence-corrected chi connectivity index (χ1v) is 7.75. The Labute approximate surface area is 145 Å². The van der Waals surface area contributed by atoms with E-state index in [2.05, 4.69) is 20.6 Å². The maximum Gasteiger partial charge on any atom is 0.271 e. The first-order valence-electron chi connectivity index (χ1n) is 7.37. The molecule has 1 aromatic carbocycles. The van der Waals surface area contributed by atoms with Gasteiger partial charge in [-0.15, -0.1) is 0 Å². The Kier molecular flexibility index (Phi) is 6.20. The van der Waals surface area contributed by atoms with Crippen molar-refractivity contribution in [1.29, 1.82) is 0 Å². The molecule has 0 aliphatic carbocycles. The van der Waals surface area contributed by atoms with Crippen LogP contribution in [0.2, 0.25) is 5.02 Å². The van der Waals surface area contributed by atoms with Gasteiger partial charge in [-0.25, -0.2) is 9.97 Å². The summed E-state index contributed by atoms with van der Waals surface area (Å²) in [6.45, 7) is 2.58. The number of halogens is 1. The molecule has 0 radical (unpaired) electrons. The Morgan fingerprint density at radius 1 is 1.17 bits per heavy atom. The molecule has 0 saturated carbocycles. The van der Waals surface area contributed by atoms with E-state index in [1.54, 1.807) is 12.1 Å². The maximum atomic E-state index is 11.8. The number of hydrogen-bond acceptors (Lipinski definition) is 6. The summed E-state index contributed by atoms with van der Waals surface area (Å²) in [6.07, 6.45) is 3.74. The van der Waals surface area contributed by atoms with Gasteiger partial charge < -0.3 is 20.1 Å². The number of hydrogen-bond donors (Lipinski definition) is 2. The van der Waals surface area contributed by atoms with Crippen LogP contribution in [0, 0.1) is 0 Å². The third-order valence-corrected chi connectivity index (χ3v) is 3.45. The van der Waals surface area contributed by atoms with Crippen LogP contribution in [0.25, 0.3) is 0 Å². The van der Waals surface area contributed by atoms with E-state index in [0.29, 0.717) is 34.6 Å². The molecular formula is C16H19ClN4O3. The van der Waals surface area contributed by atoms with Gasteiger partial charge in [0, 0.05) is 18.7 Å². The minimum atomic E-state index is -0.248. The first kappa shape index (κ1) is 17.8. The van der Waals surface area contributed by atoms with E-state index >= 15 is 0 Å². The molecule has 1 amide bonds. The standard InChI is InChI=1S/C16H19ClN4O3/c1-4-5-18-16(22)12-8-20-15(9-19-12)21-11-7-13(23-2)10(17)6-14(11)24-3/h6-9H,4-5H2,1-3H3,(H,18,22)(H,20,21). The molecule has 1 aromatic heterocycles. The van der Waals surface area contributed by atoms with Crippen molar-refractivity contribution in [3.63, 3.8) is 0 Å². The fourth-order valence-corrected chi connectivity index (χ4v) is 2.17. The predicted octanol–water partition coefficient (Wildman–Crippen LogP) is 3.03. The fourth-order valence-electron chi connectivity index (χ4n) is 1.94. The zero-order valence-corrected chi connectivity index (χ0v) is 14.5. The second-order valence-electron chi connectivity index (χ2n) is 4.85. The van der Waals surface area contributed by atoms with Gasteiger partial charge in [0.15, 0.2) is 0 Å². The molecule has 0 fully saturated rings. The van der Waals surface area contributed by atoms with Gasteiger partial charge in [0.25, 0.3) is 5.91 Å². The van der Waals surface area contributed by atoms with Crippen molar-refractivity contribution in [3.8, 4) is 11.5 Å². The van der Waals surface area contributed by atoms with Gasteiger partial charge in [-0.05, 0) is 6.42 Å². The van der Waals surface area contributed by atoms with Gasteiger partial charge in [0.05, 0.1) is 37.3 Å². The van der Waals surface area contributed by atoms with Gasteiger partial charge in [0.2, 0.25) is 0 Å². The molecule has 0 atom stereocenters. The Morgan fingerprint density at radius 3 is 2.50 bits per heavy atom. The van der Waals surface area contributed by atoms with Crippen LogP contribution in [-0.4, -0.2) is 36.6 Å². The molecule has 2 rings (SSSR count). The molecule has 0 spiro atoms. The van der Waals surface area contributed by atoms with Crippen molar-refractivity contribution in [2.45, 2.75) is 13.3 Å². The lowest BCUT2D eigenvalue weighted by molar-refractivity contribution is 0.0948. The second kappa shape index (κ2) is 8.35. The summed E-state index contributed by atoms with van der Waals surface area (Å²) in [5.74, 6) is 1.25. The average molecular weight is 351 g/mol. The largest absolute Gasteiger partial charge is 0.495 e. The topological polar surface area (TPSA) is 85.4 Å². The van der Waals surface area contributed by atoms with Gasteiger partial charge in [-0.1, -0.05) is 18.5 Å². The summed E-state index contributed by atoms with van der Waals surface area (Å²) in [5.41, 5.74) is 0.880. The van der Waals surface area contributed by atoms with Crippen LogP contribution in [0.4, 0.5) is 11.5 Å². The normalized spacial score (nSPS) is 10.2. The molecule has 2 aromatic rings. The number of rotatable bonds is 7. The van der Waals surface area contributed by atoms with Gasteiger partial charge in [-0.2, -0.15) is 0 Å². The Morgan fingerprint density at radius 2 is 1.92 bits per heavy atom. The summed E-state index contributed by atoms with van der Waals surface area (Å²) in [6, 6.07) is 3.34. The van der Waals surface area contributed by atoms with E-state index in [9.17, 15) is 4.79 Å². The highest BCUT2D eigenvalue weighted by Crippen LogP contribution is 2.36. The van der Waals surface area contributed by atoms with E-state index in [0.717, 1.165) is 6.42 Å². The Bertz CT molecular complexity index is 707. The van der Waals surface area contributed by atoms with Crippen molar-refractivity contribution in [1.82, 2.24) is 15.3 Å². The smallest absolute Gasteiger partial charge is 0.271 e. The molecule has 0 aliphatic heterocycles. The molecular weight excluding hydrogens is 332 g/mol. The summed E-state index contributed by atoms with van der Waals surface area (Å²) in [7, 11) is 3.07. The zero-order valence-electron chi connectivity index (χ0n) is 13.7. The van der Waals surface area contributed by atoms with Crippen LogP contribution in [0.3, 0.4) is 0 Å². The molecule has 2 N–H and O–H groups in total. The van der Waals surface area contributed by atoms with Crippen LogP contribution in [-0.2, 0) is 0 Å². The number of carbonyl (C=O) groups is 1. The van der Waals surface area contributed by atoms with Crippen LogP contribution in [0.15, 0.2) is 24.5 Å². The van der Waals surface area contributed by atoms with E-state index in [1.165, 1.54) is 26.6 Å². The van der Waals surface area contributed by atoms with Crippen molar-refractivity contribution in [3.05, 3.63) is 35.2 Å². The van der Waals surface area contributed by atoms with Crippen LogP contribution < -0.4 is 20.1 Å². The highest BCUT2D eigenvalue weighted by molar-refractivity contribution is 6.32. The monoisotopic (exact) mass is 350 g/mol. The molecule has 24 heavy (non-hydrogen) atoms. The lowest BCUT2D eigenvalue weighted by atomic mass is 10.2. The van der Waals surface area contributed by atoms with Gasteiger partial charge in [-0.3, -0.25) is 4.79 Å². The molecule has 0 aliphatic rings. The average Bonchev–Trinajstić information content (AvgIpc) is 2.61. The lowest BCUT2D eigenvalue weighted by Gasteiger charge is -2.13. The highest BCUT2D eigenvalue weighted by Gasteiger charge is 2.12. The number of ether oxygens (including phenoxy) is 2. The number of nitrogens with one attached hydrogen (secondary N) is 2. The van der Waals surface area contributed by atoms with Crippen molar-refractivity contribution in [2.75, 3.05) is 26.1 Å². The number of carbonyl (C=O) groups excluding carboxylic acids is 1. The minimum Gasteiger partial charge on any atom is -0.495 e. The Balaban J connectivity index is 2.18. The number of amides is 1. The lowest BCUT2D eigenvalue weighted by Crippen LogP contribution is -2.25. The highest BCUT2D eigenvalue weighted by atomic mass is 35.5. The predicted molar refractivity (Wildman–Crippen MR) is 92.5 cm³/mol. The number of anilines is 2. The van der Waals surface area contributed by atoms with E-state index < -0.39 is 0 Å². The summed E-state index contributed by atoms with van der Waals surface area (Å²) >= 11 is 6.08. The molecule has 0 bridgehead atoms. The van der Waals surface area contributed by atoms with E-state index in [1.807, 2.05) is 6.92 Å². The van der Waals surface area contributed by atoms with Crippen molar-refractivity contribution >= 4 is 29.0 Å². The maximum absolute atomic E-state index is 11.8. The summed E-state index contributed by atoms with van der Waals surface area (Å²) in [4.78, 5) is 20.1.